The van der Waals surface area contributed by atoms with Gasteiger partial charge in [0, 0.05) is 25.2 Å². The van der Waals surface area contributed by atoms with Gasteiger partial charge in [-0.15, -0.1) is 0 Å². The van der Waals surface area contributed by atoms with E-state index in [1.54, 1.807) is 12.1 Å². The van der Waals surface area contributed by atoms with Crippen molar-refractivity contribution in [1.29, 1.82) is 0 Å². The monoisotopic (exact) mass is 342 g/mol. The number of hydrogen-bond donors (Lipinski definition) is 2. The van der Waals surface area contributed by atoms with E-state index in [4.69, 9.17) is 0 Å². The van der Waals surface area contributed by atoms with Crippen LogP contribution in [0.5, 0.6) is 0 Å². The van der Waals surface area contributed by atoms with Gasteiger partial charge in [-0.3, -0.25) is 9.59 Å². The van der Waals surface area contributed by atoms with Crippen LogP contribution >= 0.6 is 15.9 Å². The fourth-order valence-corrected chi connectivity index (χ4v) is 1.93. The average Bonchev–Trinajstić information content (AvgIpc) is 2.46. The summed E-state index contributed by atoms with van der Waals surface area (Å²) in [6.45, 7) is 3.50. The van der Waals surface area contributed by atoms with Crippen LogP contribution in [0.25, 0.3) is 0 Å². The number of halogens is 1. The molecular formula is C14H19BrN2O3. The van der Waals surface area contributed by atoms with Crippen LogP contribution in [-0.2, 0) is 9.53 Å². The third kappa shape index (κ3) is 5.71. The van der Waals surface area contributed by atoms with E-state index >= 15 is 0 Å². The highest BCUT2D eigenvalue weighted by Crippen LogP contribution is 2.02. The van der Waals surface area contributed by atoms with Crippen LogP contribution < -0.4 is 10.6 Å². The summed E-state index contributed by atoms with van der Waals surface area (Å²) in [5, 5.41) is 5.86. The highest BCUT2D eigenvalue weighted by molar-refractivity contribution is 9.10. The molecule has 1 atom stereocenters. The third-order valence-corrected chi connectivity index (χ3v) is 3.38. The number of rotatable bonds is 7. The van der Waals surface area contributed by atoms with Gasteiger partial charge in [0.25, 0.3) is 5.91 Å². The van der Waals surface area contributed by atoms with Gasteiger partial charge in [-0.1, -0.05) is 33.6 Å². The number of esters is 1. The third-order valence-electron chi connectivity index (χ3n) is 2.68. The lowest BCUT2D eigenvalue weighted by molar-refractivity contribution is -0.139. The Labute approximate surface area is 127 Å². The fourth-order valence-electron chi connectivity index (χ4n) is 1.51. The molecule has 1 aromatic carbocycles. The van der Waals surface area contributed by atoms with Crippen molar-refractivity contribution < 1.29 is 14.3 Å². The normalized spacial score (nSPS) is 11.8. The largest absolute Gasteiger partial charge is 0.468 e. The van der Waals surface area contributed by atoms with Gasteiger partial charge in [-0.25, -0.2) is 0 Å². The molecule has 110 valence electrons. The Kier molecular flexibility index (Phi) is 7.25. The molecule has 0 aliphatic heterocycles. The second-order valence-corrected chi connectivity index (χ2v) is 5.42. The molecule has 1 rings (SSSR count). The second-order valence-electron chi connectivity index (χ2n) is 4.32. The first-order valence-electron chi connectivity index (χ1n) is 6.32. The highest BCUT2D eigenvalue weighted by Gasteiger charge is 2.13. The molecule has 0 aromatic heterocycles. The Balaban J connectivity index is 2.19. The smallest absolute Gasteiger partial charge is 0.320 e. The molecule has 5 nitrogen and oxygen atoms in total. The summed E-state index contributed by atoms with van der Waals surface area (Å²) in [6, 6.07) is 7.39. The van der Waals surface area contributed by atoms with Crippen LogP contribution in [0.3, 0.4) is 0 Å². The summed E-state index contributed by atoms with van der Waals surface area (Å²) >= 11 is 3.20. The van der Waals surface area contributed by atoms with Crippen LogP contribution in [0, 0.1) is 6.92 Å². The molecule has 20 heavy (non-hydrogen) atoms. The second kappa shape index (κ2) is 8.71. The van der Waals surface area contributed by atoms with Gasteiger partial charge in [0.05, 0.1) is 7.11 Å². The minimum Gasteiger partial charge on any atom is -0.468 e. The van der Waals surface area contributed by atoms with Gasteiger partial charge in [-0.05, 0) is 19.1 Å². The number of alkyl halides is 1. The van der Waals surface area contributed by atoms with Crippen molar-refractivity contribution in [2.24, 2.45) is 0 Å². The number of aryl methyl sites for hydroxylation is 1. The van der Waals surface area contributed by atoms with Crippen molar-refractivity contribution in [3.8, 4) is 0 Å². The molecule has 0 aliphatic rings. The summed E-state index contributed by atoms with van der Waals surface area (Å²) in [5.74, 6) is -0.420. The van der Waals surface area contributed by atoms with Crippen molar-refractivity contribution in [2.75, 3.05) is 26.7 Å². The van der Waals surface area contributed by atoms with Crippen molar-refractivity contribution in [1.82, 2.24) is 10.6 Å². The lowest BCUT2D eigenvalue weighted by atomic mass is 10.1. The Morgan fingerprint density at radius 3 is 2.50 bits per heavy atom. The first-order valence-corrected chi connectivity index (χ1v) is 7.23. The number of methoxy groups -OCH3 is 1. The van der Waals surface area contributed by atoms with E-state index in [1.165, 1.54) is 7.11 Å². The highest BCUT2D eigenvalue weighted by atomic mass is 79.9. The molecule has 0 spiro atoms. The van der Waals surface area contributed by atoms with Gasteiger partial charge >= 0.3 is 5.97 Å². The summed E-state index contributed by atoms with van der Waals surface area (Å²) in [5.41, 5.74) is 1.76. The molecule has 0 bridgehead atoms. The van der Waals surface area contributed by atoms with E-state index in [0.29, 0.717) is 25.2 Å². The zero-order chi connectivity index (χ0) is 15.0. The minimum atomic E-state index is -0.375. The van der Waals surface area contributed by atoms with Crippen molar-refractivity contribution in [3.63, 3.8) is 0 Å². The topological polar surface area (TPSA) is 67.4 Å². The van der Waals surface area contributed by atoms with E-state index in [1.807, 2.05) is 19.1 Å². The zero-order valence-electron chi connectivity index (χ0n) is 11.6. The summed E-state index contributed by atoms with van der Waals surface area (Å²) < 4.78 is 4.58. The fraction of sp³-hybridized carbons (Fsp3) is 0.429. The molecule has 0 fully saturated rings. The Hall–Kier alpha value is -1.40. The number of benzene rings is 1. The lowest BCUT2D eigenvalue weighted by Crippen LogP contribution is -2.36. The SMILES string of the molecule is COC(=O)C(Br)CNCCNC(=O)c1ccc(C)cc1. The molecule has 0 saturated carbocycles. The van der Waals surface area contributed by atoms with Crippen molar-refractivity contribution in [3.05, 3.63) is 35.4 Å². The Bertz CT molecular complexity index is 448. The molecule has 0 radical (unpaired) electrons. The maximum absolute atomic E-state index is 11.8. The molecule has 0 saturated heterocycles. The molecule has 2 N–H and O–H groups in total. The maximum atomic E-state index is 11.8. The van der Waals surface area contributed by atoms with Crippen LogP contribution in [0.15, 0.2) is 24.3 Å². The average molecular weight is 343 g/mol. The van der Waals surface area contributed by atoms with Crippen molar-refractivity contribution >= 4 is 27.8 Å². The van der Waals surface area contributed by atoms with E-state index in [-0.39, 0.29) is 16.7 Å². The maximum Gasteiger partial charge on any atom is 0.320 e. The van der Waals surface area contributed by atoms with E-state index in [2.05, 4.69) is 31.3 Å². The minimum absolute atomic E-state index is 0.102. The van der Waals surface area contributed by atoms with E-state index in [0.717, 1.165) is 5.56 Å². The van der Waals surface area contributed by atoms with Crippen LogP contribution in [0.2, 0.25) is 0 Å². The lowest BCUT2D eigenvalue weighted by Gasteiger charge is -2.10. The van der Waals surface area contributed by atoms with Gasteiger partial charge in [0.2, 0.25) is 0 Å². The molecular weight excluding hydrogens is 324 g/mol. The predicted molar refractivity (Wildman–Crippen MR) is 81.1 cm³/mol. The van der Waals surface area contributed by atoms with Crippen molar-refractivity contribution in [2.45, 2.75) is 11.8 Å². The summed E-state index contributed by atoms with van der Waals surface area (Å²) in [7, 11) is 1.35. The van der Waals surface area contributed by atoms with E-state index < -0.39 is 0 Å². The standard InChI is InChI=1S/C14H19BrN2O3/c1-10-3-5-11(6-4-10)13(18)17-8-7-16-9-12(15)14(19)20-2/h3-6,12,16H,7-9H2,1-2H3,(H,17,18). The number of carbonyl (C=O) groups excluding carboxylic acids is 2. The zero-order valence-corrected chi connectivity index (χ0v) is 13.2. The van der Waals surface area contributed by atoms with Gasteiger partial charge in [0.1, 0.15) is 4.83 Å². The quantitative estimate of drug-likeness (QED) is 0.444. The number of nitrogens with one attached hydrogen (secondary N) is 2. The molecule has 1 amide bonds. The first-order chi connectivity index (χ1) is 9.54. The molecule has 0 aliphatic carbocycles. The molecule has 1 unspecified atom stereocenters. The molecule has 0 heterocycles. The first kappa shape index (κ1) is 16.7. The van der Waals surface area contributed by atoms with Gasteiger partial charge in [0.15, 0.2) is 0 Å². The molecule has 6 heteroatoms. The number of hydrogen-bond acceptors (Lipinski definition) is 4. The van der Waals surface area contributed by atoms with E-state index in [9.17, 15) is 9.59 Å². The molecule has 1 aromatic rings. The van der Waals surface area contributed by atoms with Gasteiger partial charge in [-0.2, -0.15) is 0 Å². The van der Waals surface area contributed by atoms with Gasteiger partial charge < -0.3 is 15.4 Å². The van der Waals surface area contributed by atoms with Crippen LogP contribution in [0.4, 0.5) is 0 Å². The van der Waals surface area contributed by atoms with Crippen LogP contribution in [0.1, 0.15) is 15.9 Å². The Morgan fingerprint density at radius 2 is 1.90 bits per heavy atom. The number of ether oxygens (including phenoxy) is 1. The van der Waals surface area contributed by atoms with Crippen LogP contribution in [-0.4, -0.2) is 43.4 Å². The predicted octanol–water partition coefficient (Wildman–Crippen LogP) is 1.25. The summed E-state index contributed by atoms with van der Waals surface area (Å²) in [4.78, 5) is 22.5. The number of carbonyl (C=O) groups is 2. The number of amides is 1. The summed E-state index contributed by atoms with van der Waals surface area (Å²) in [6.07, 6.45) is 0. The Morgan fingerprint density at radius 1 is 1.25 bits per heavy atom.